The molecular formula is C27H25FN2O. The van der Waals surface area contributed by atoms with E-state index in [2.05, 4.69) is 22.3 Å². The summed E-state index contributed by atoms with van der Waals surface area (Å²) in [5, 5.41) is 3.94. The monoisotopic (exact) mass is 412 g/mol. The molecule has 0 spiro atoms. The minimum absolute atomic E-state index is 0.0746. The Labute approximate surface area is 182 Å². The van der Waals surface area contributed by atoms with Crippen LogP contribution in [0.5, 0.6) is 0 Å². The number of nitrogens with zero attached hydrogens (tertiary/aromatic N) is 1. The van der Waals surface area contributed by atoms with Crippen LogP contribution in [0.2, 0.25) is 0 Å². The maximum Gasteiger partial charge on any atom is 0.224 e. The molecule has 2 saturated carbocycles. The molecule has 4 heteroatoms. The lowest BCUT2D eigenvalue weighted by atomic mass is 9.89. The maximum absolute atomic E-state index is 13.8. The highest BCUT2D eigenvalue weighted by molar-refractivity contribution is 5.91. The number of pyridine rings is 1. The first kappa shape index (κ1) is 19.8. The Kier molecular flexibility index (Phi) is 5.19. The minimum atomic E-state index is -0.208. The second-order valence-corrected chi connectivity index (χ2v) is 9.06. The van der Waals surface area contributed by atoms with Crippen LogP contribution < -0.4 is 5.32 Å². The Morgan fingerprint density at radius 2 is 1.81 bits per heavy atom. The molecule has 0 bridgehead atoms. The van der Waals surface area contributed by atoms with Gasteiger partial charge in [-0.15, -0.1) is 6.42 Å². The zero-order valence-corrected chi connectivity index (χ0v) is 17.4. The van der Waals surface area contributed by atoms with E-state index in [0.29, 0.717) is 30.1 Å². The van der Waals surface area contributed by atoms with Gasteiger partial charge in [0.25, 0.3) is 0 Å². The smallest absolute Gasteiger partial charge is 0.224 e. The van der Waals surface area contributed by atoms with Gasteiger partial charge in [-0.2, -0.15) is 0 Å². The topological polar surface area (TPSA) is 42.0 Å². The van der Waals surface area contributed by atoms with Crippen molar-refractivity contribution in [3.05, 3.63) is 71.7 Å². The summed E-state index contributed by atoms with van der Waals surface area (Å²) in [5.41, 5.74) is 3.68. The van der Waals surface area contributed by atoms with Crippen LogP contribution in [0.3, 0.4) is 0 Å². The van der Waals surface area contributed by atoms with E-state index >= 15 is 0 Å². The predicted octanol–water partition coefficient (Wildman–Crippen LogP) is 5.90. The number of anilines is 1. The van der Waals surface area contributed by atoms with Gasteiger partial charge in [0.2, 0.25) is 5.91 Å². The summed E-state index contributed by atoms with van der Waals surface area (Å²) in [6.07, 6.45) is 12.2. The molecule has 3 nitrogen and oxygen atoms in total. The van der Waals surface area contributed by atoms with Gasteiger partial charge in [-0.3, -0.25) is 9.78 Å². The Hall–Kier alpha value is -3.19. The van der Waals surface area contributed by atoms with E-state index in [1.807, 2.05) is 30.5 Å². The summed E-state index contributed by atoms with van der Waals surface area (Å²) in [6, 6.07) is 14.3. The van der Waals surface area contributed by atoms with Crippen LogP contribution >= 0.6 is 0 Å². The van der Waals surface area contributed by atoms with Crippen molar-refractivity contribution in [1.82, 2.24) is 4.98 Å². The predicted molar refractivity (Wildman–Crippen MR) is 121 cm³/mol. The number of hydrogen-bond donors (Lipinski definition) is 1. The minimum Gasteiger partial charge on any atom is -0.326 e. The average molecular weight is 413 g/mol. The number of rotatable bonds is 4. The molecule has 2 aromatic carbocycles. The lowest BCUT2D eigenvalue weighted by molar-refractivity contribution is -0.117. The van der Waals surface area contributed by atoms with Crippen LogP contribution in [0.1, 0.15) is 49.1 Å². The van der Waals surface area contributed by atoms with E-state index in [1.54, 1.807) is 12.1 Å². The number of carbonyl (C=O) groups excluding carboxylic acids is 1. The number of terminal acetylenes is 1. The van der Waals surface area contributed by atoms with Gasteiger partial charge in [0.15, 0.2) is 0 Å². The molecule has 2 fully saturated rings. The van der Waals surface area contributed by atoms with Crippen LogP contribution in [0.25, 0.3) is 10.9 Å². The zero-order valence-electron chi connectivity index (χ0n) is 17.4. The number of nitrogens with one attached hydrogen (secondary N) is 1. The van der Waals surface area contributed by atoms with E-state index in [-0.39, 0.29) is 11.7 Å². The highest BCUT2D eigenvalue weighted by atomic mass is 19.1. The Morgan fingerprint density at radius 1 is 1.06 bits per heavy atom. The second-order valence-electron chi connectivity index (χ2n) is 9.06. The van der Waals surface area contributed by atoms with Gasteiger partial charge in [-0.05, 0) is 103 Å². The fraction of sp³-hybridized carbons (Fsp3) is 0.333. The molecule has 2 aliphatic carbocycles. The molecule has 0 aliphatic heterocycles. The zero-order chi connectivity index (χ0) is 21.4. The third kappa shape index (κ3) is 4.05. The van der Waals surface area contributed by atoms with Crippen molar-refractivity contribution in [3.8, 4) is 12.3 Å². The van der Waals surface area contributed by atoms with E-state index in [1.165, 1.54) is 11.6 Å². The Bertz CT molecular complexity index is 1150. The van der Waals surface area contributed by atoms with Crippen LogP contribution in [-0.4, -0.2) is 10.9 Å². The molecule has 1 aromatic heterocycles. The number of halogens is 1. The van der Waals surface area contributed by atoms with Crippen molar-refractivity contribution in [1.29, 1.82) is 0 Å². The van der Waals surface area contributed by atoms with Crippen molar-refractivity contribution in [2.75, 3.05) is 5.32 Å². The third-order valence-electron chi connectivity index (χ3n) is 7.10. The van der Waals surface area contributed by atoms with E-state index in [9.17, 15) is 9.18 Å². The van der Waals surface area contributed by atoms with E-state index < -0.39 is 0 Å². The third-order valence-corrected chi connectivity index (χ3v) is 7.10. The quantitative estimate of drug-likeness (QED) is 0.542. The number of aromatic nitrogens is 1. The molecule has 31 heavy (non-hydrogen) atoms. The molecule has 1 heterocycles. The summed E-state index contributed by atoms with van der Waals surface area (Å²) in [4.78, 5) is 16.9. The molecule has 1 N–H and O–H groups in total. The van der Waals surface area contributed by atoms with Gasteiger partial charge in [0, 0.05) is 29.3 Å². The molecule has 0 radical (unpaired) electrons. The first-order valence-corrected chi connectivity index (χ1v) is 11.0. The fourth-order valence-electron chi connectivity index (χ4n) is 5.78. The highest BCUT2D eigenvalue weighted by Crippen LogP contribution is 2.53. The number of fused-ring (bicyclic) bond motifs is 2. The standard InChI is InChI=1S/C27H25FN2O/c1-2-17-3-6-23(7-4-17)30-27(31)13-18-11-19-14-21(15-20(19)12-18)24-9-10-29-26-8-5-22(28)16-25(24)26/h1,3-10,16,18-21H,11-15H2,(H,30,31)/t18-,19-,20+,21+. The molecule has 3 aromatic rings. The number of hydrogen-bond acceptors (Lipinski definition) is 2. The summed E-state index contributed by atoms with van der Waals surface area (Å²) in [6.45, 7) is 0. The molecule has 1 amide bonds. The summed E-state index contributed by atoms with van der Waals surface area (Å²) < 4.78 is 13.8. The van der Waals surface area contributed by atoms with Gasteiger partial charge < -0.3 is 5.32 Å². The van der Waals surface area contributed by atoms with Gasteiger partial charge in [0.05, 0.1) is 5.52 Å². The normalized spacial score (nSPS) is 24.6. The molecule has 2 aliphatic rings. The van der Waals surface area contributed by atoms with Crippen LogP contribution in [0.15, 0.2) is 54.7 Å². The fourth-order valence-corrected chi connectivity index (χ4v) is 5.78. The number of benzene rings is 2. The summed E-state index contributed by atoms with van der Waals surface area (Å²) in [5.74, 6) is 4.63. The molecule has 0 unspecified atom stereocenters. The molecule has 156 valence electrons. The van der Waals surface area contributed by atoms with Gasteiger partial charge in [-0.25, -0.2) is 4.39 Å². The summed E-state index contributed by atoms with van der Waals surface area (Å²) in [7, 11) is 0. The van der Waals surface area contributed by atoms with Gasteiger partial charge in [0.1, 0.15) is 5.82 Å². The number of carbonyl (C=O) groups is 1. The number of amides is 1. The van der Waals surface area contributed by atoms with E-state index in [0.717, 1.165) is 47.8 Å². The Balaban J connectivity index is 1.20. The van der Waals surface area contributed by atoms with Crippen molar-refractivity contribution < 1.29 is 9.18 Å². The first-order chi connectivity index (χ1) is 15.1. The molecule has 5 rings (SSSR count). The molecule has 4 atom stereocenters. The van der Waals surface area contributed by atoms with Crippen LogP contribution in [0, 0.1) is 35.9 Å². The first-order valence-electron chi connectivity index (χ1n) is 11.0. The van der Waals surface area contributed by atoms with Crippen molar-refractivity contribution >= 4 is 22.5 Å². The second kappa shape index (κ2) is 8.15. The van der Waals surface area contributed by atoms with Crippen molar-refractivity contribution in [3.63, 3.8) is 0 Å². The van der Waals surface area contributed by atoms with Gasteiger partial charge in [-0.1, -0.05) is 5.92 Å². The van der Waals surface area contributed by atoms with Crippen LogP contribution in [0.4, 0.5) is 10.1 Å². The average Bonchev–Trinajstić information content (AvgIpc) is 3.32. The Morgan fingerprint density at radius 3 is 2.52 bits per heavy atom. The van der Waals surface area contributed by atoms with Crippen molar-refractivity contribution in [2.45, 2.75) is 38.0 Å². The summed E-state index contributed by atoms with van der Waals surface area (Å²) >= 11 is 0. The molecule has 0 saturated heterocycles. The maximum atomic E-state index is 13.8. The highest BCUT2D eigenvalue weighted by Gasteiger charge is 2.42. The lowest BCUT2D eigenvalue weighted by Crippen LogP contribution is -2.15. The van der Waals surface area contributed by atoms with Gasteiger partial charge >= 0.3 is 0 Å². The van der Waals surface area contributed by atoms with Crippen LogP contribution in [-0.2, 0) is 4.79 Å². The molecular weight excluding hydrogens is 387 g/mol. The SMILES string of the molecule is C#Cc1ccc(NC(=O)C[C@@H]2C[C@@H]3C[C@H](c4ccnc5ccc(F)cc45)C[C@@H]3C2)cc1. The lowest BCUT2D eigenvalue weighted by Gasteiger charge is -2.17. The van der Waals surface area contributed by atoms with E-state index in [4.69, 9.17) is 6.42 Å². The van der Waals surface area contributed by atoms with Crippen molar-refractivity contribution in [2.24, 2.45) is 17.8 Å². The largest absolute Gasteiger partial charge is 0.326 e.